The first kappa shape index (κ1) is 33.0. The third-order valence-electron chi connectivity index (χ3n) is 9.42. The van der Waals surface area contributed by atoms with Gasteiger partial charge in [0.15, 0.2) is 0 Å². The number of hydrogen-bond donors (Lipinski definition) is 3. The fourth-order valence-electron chi connectivity index (χ4n) is 6.85. The number of nitrogens with one attached hydrogen (secondary N) is 2. The number of aliphatic hydroxyl groups is 1. The number of amides is 1. The Morgan fingerprint density at radius 1 is 1.07 bits per heavy atom. The maximum absolute atomic E-state index is 14.0. The summed E-state index contributed by atoms with van der Waals surface area (Å²) in [7, 11) is 0. The Morgan fingerprint density at radius 2 is 1.74 bits per heavy atom. The normalized spacial score (nSPS) is 23.8. The Bertz CT molecular complexity index is 1290. The third kappa shape index (κ3) is 8.39. The molecule has 0 heterocycles. The van der Waals surface area contributed by atoms with E-state index < -0.39 is 29.7 Å². The smallest absolute Gasteiger partial charge is 0.243 e. The van der Waals surface area contributed by atoms with E-state index in [4.69, 9.17) is 0 Å². The molecule has 2 aromatic carbocycles. The van der Waals surface area contributed by atoms with Gasteiger partial charge >= 0.3 is 0 Å². The Morgan fingerprint density at radius 3 is 2.35 bits per heavy atom. The highest BCUT2D eigenvalue weighted by Gasteiger charge is 2.37. The number of Topliss-reactive ketones (excluding diaryl/α,β-unsaturated/α-hetero) is 1. The minimum atomic E-state index is -1.04. The minimum Gasteiger partial charge on any atom is -0.390 e. The molecule has 4 rings (SSSR count). The fourth-order valence-corrected chi connectivity index (χ4v) is 6.85. The second-order valence-electron chi connectivity index (χ2n) is 13.9. The topological polar surface area (TPSA) is 78.4 Å². The van der Waals surface area contributed by atoms with E-state index in [2.05, 4.69) is 55.7 Å². The van der Waals surface area contributed by atoms with Crippen molar-refractivity contribution in [2.24, 2.45) is 17.8 Å². The van der Waals surface area contributed by atoms with Crippen LogP contribution in [-0.4, -0.2) is 35.5 Å². The van der Waals surface area contributed by atoms with Gasteiger partial charge in [-0.15, -0.1) is 0 Å². The molecular formula is C36H48F2N2O3. The lowest BCUT2D eigenvalue weighted by molar-refractivity contribution is -0.122. The average molecular weight is 595 g/mol. The molecule has 1 amide bonds. The molecule has 2 aromatic rings. The van der Waals surface area contributed by atoms with Crippen molar-refractivity contribution in [1.29, 1.82) is 0 Å². The van der Waals surface area contributed by atoms with Crippen LogP contribution in [0.15, 0.2) is 54.6 Å². The first-order chi connectivity index (χ1) is 20.3. The van der Waals surface area contributed by atoms with Gasteiger partial charge in [0.2, 0.25) is 5.91 Å². The van der Waals surface area contributed by atoms with Crippen molar-refractivity contribution in [1.82, 2.24) is 10.6 Å². The Labute approximate surface area is 255 Å². The van der Waals surface area contributed by atoms with Gasteiger partial charge < -0.3 is 15.7 Å². The van der Waals surface area contributed by atoms with Crippen molar-refractivity contribution < 1.29 is 23.5 Å². The van der Waals surface area contributed by atoms with Crippen LogP contribution in [-0.2, 0) is 27.0 Å². The predicted octanol–water partition coefficient (Wildman–Crippen LogP) is 6.52. The summed E-state index contributed by atoms with van der Waals surface area (Å²) in [5.41, 5.74) is 2.44. The molecule has 5 atom stereocenters. The van der Waals surface area contributed by atoms with Crippen LogP contribution >= 0.6 is 0 Å². The summed E-state index contributed by atoms with van der Waals surface area (Å²) in [6.45, 7) is 10.7. The zero-order valence-corrected chi connectivity index (χ0v) is 26.3. The van der Waals surface area contributed by atoms with Crippen LogP contribution in [0.3, 0.4) is 0 Å². The molecule has 5 nitrogen and oxygen atoms in total. The summed E-state index contributed by atoms with van der Waals surface area (Å²) in [4.78, 5) is 25.6. The van der Waals surface area contributed by atoms with Gasteiger partial charge in [-0.2, -0.15) is 0 Å². The van der Waals surface area contributed by atoms with Crippen LogP contribution in [0.4, 0.5) is 8.78 Å². The molecule has 0 aliphatic heterocycles. The molecule has 0 bridgehead atoms. The molecule has 5 unspecified atom stereocenters. The van der Waals surface area contributed by atoms with Gasteiger partial charge in [0.25, 0.3) is 0 Å². The van der Waals surface area contributed by atoms with Crippen molar-refractivity contribution in [3.8, 4) is 0 Å². The monoisotopic (exact) mass is 594 g/mol. The van der Waals surface area contributed by atoms with Gasteiger partial charge in [-0.05, 0) is 71.9 Å². The lowest BCUT2D eigenvalue weighted by Crippen LogP contribution is -2.53. The summed E-state index contributed by atoms with van der Waals surface area (Å²) in [6, 6.07) is 11.1. The van der Waals surface area contributed by atoms with Crippen LogP contribution < -0.4 is 10.6 Å². The molecule has 0 saturated heterocycles. The van der Waals surface area contributed by atoms with Gasteiger partial charge in [0, 0.05) is 30.0 Å². The van der Waals surface area contributed by atoms with Gasteiger partial charge in [0.05, 0.1) is 12.1 Å². The summed E-state index contributed by atoms with van der Waals surface area (Å²) in [5.74, 6) is -1.96. The van der Waals surface area contributed by atoms with E-state index in [1.54, 1.807) is 6.08 Å². The Hall–Kier alpha value is -2.90. The number of benzene rings is 2. The van der Waals surface area contributed by atoms with Crippen molar-refractivity contribution in [2.75, 3.05) is 6.54 Å². The maximum atomic E-state index is 14.0. The SMILES string of the molecule is CC1CC(C)C(C=CC(=O)NC(Cc2cc(F)cc(F)c2)C(O)CNC2(c3cccc(C(C)(C)C)c3)CCCCC2)C1=O. The highest BCUT2D eigenvalue weighted by molar-refractivity contribution is 5.91. The number of carbonyl (C=O) groups is 2. The van der Waals surface area contributed by atoms with Crippen LogP contribution in [0.2, 0.25) is 0 Å². The van der Waals surface area contributed by atoms with Gasteiger partial charge in [-0.3, -0.25) is 9.59 Å². The summed E-state index contributed by atoms with van der Waals surface area (Å²) in [6.07, 6.45) is 7.92. The first-order valence-electron chi connectivity index (χ1n) is 15.8. The number of ketones is 1. The highest BCUT2D eigenvalue weighted by atomic mass is 19.1. The van der Waals surface area contributed by atoms with E-state index in [9.17, 15) is 23.5 Å². The van der Waals surface area contributed by atoms with E-state index in [1.165, 1.54) is 29.3 Å². The molecule has 2 aliphatic rings. The molecule has 3 N–H and O–H groups in total. The molecule has 2 saturated carbocycles. The van der Waals surface area contributed by atoms with Crippen molar-refractivity contribution in [2.45, 2.75) is 103 Å². The fraction of sp³-hybridized carbons (Fsp3) is 0.556. The zero-order chi connectivity index (χ0) is 31.4. The molecule has 43 heavy (non-hydrogen) atoms. The van der Waals surface area contributed by atoms with Crippen molar-refractivity contribution in [3.05, 3.63) is 82.9 Å². The zero-order valence-electron chi connectivity index (χ0n) is 26.3. The number of hydrogen-bond acceptors (Lipinski definition) is 4. The van der Waals surface area contributed by atoms with Crippen molar-refractivity contribution >= 4 is 11.7 Å². The molecule has 0 radical (unpaired) electrons. The van der Waals surface area contributed by atoms with Crippen LogP contribution in [0, 0.1) is 29.4 Å². The molecule has 2 aliphatic carbocycles. The van der Waals surface area contributed by atoms with Gasteiger partial charge in [0.1, 0.15) is 17.4 Å². The van der Waals surface area contributed by atoms with Gasteiger partial charge in [-0.25, -0.2) is 8.78 Å². The third-order valence-corrected chi connectivity index (χ3v) is 9.42. The maximum Gasteiger partial charge on any atom is 0.243 e. The van der Waals surface area contributed by atoms with Crippen LogP contribution in [0.1, 0.15) is 89.8 Å². The number of carbonyl (C=O) groups excluding carboxylic acids is 2. The van der Waals surface area contributed by atoms with E-state index >= 15 is 0 Å². The summed E-state index contributed by atoms with van der Waals surface area (Å²) >= 11 is 0. The standard InChI is InChI=1S/C36H48F2N2O3/c1-23-16-24(2)34(43)30(23)12-13-33(42)40-31(19-25-17-28(37)21-29(38)18-25)32(41)22-39-36(14-7-6-8-15-36)27-11-9-10-26(20-27)35(3,4)5/h9-13,17-18,20-21,23-24,30-32,39,41H,6-8,14-16,19,22H2,1-5H3,(H,40,42). The molecular weight excluding hydrogens is 546 g/mol. The number of allylic oxidation sites excluding steroid dienone is 1. The lowest BCUT2D eigenvalue weighted by atomic mass is 9.74. The first-order valence-corrected chi connectivity index (χ1v) is 15.8. The predicted molar refractivity (Wildman–Crippen MR) is 166 cm³/mol. The van der Waals surface area contributed by atoms with Crippen molar-refractivity contribution in [3.63, 3.8) is 0 Å². The molecule has 0 aromatic heterocycles. The second kappa shape index (κ2) is 13.8. The molecule has 2 fully saturated rings. The molecule has 7 heteroatoms. The quantitative estimate of drug-likeness (QED) is 0.274. The van der Waals surface area contributed by atoms with Crippen LogP contribution in [0.5, 0.6) is 0 Å². The van der Waals surface area contributed by atoms with E-state index in [0.29, 0.717) is 5.56 Å². The molecule has 234 valence electrons. The van der Waals surface area contributed by atoms with E-state index in [1.807, 2.05) is 13.8 Å². The molecule has 0 spiro atoms. The minimum absolute atomic E-state index is 0.00650. The van der Waals surface area contributed by atoms with Gasteiger partial charge in [-0.1, -0.05) is 84.2 Å². The summed E-state index contributed by atoms with van der Waals surface area (Å²) in [5, 5.41) is 18.0. The Balaban J connectivity index is 1.54. The average Bonchev–Trinajstić information content (AvgIpc) is 3.19. The summed E-state index contributed by atoms with van der Waals surface area (Å²) < 4.78 is 28.1. The number of halogens is 2. The lowest BCUT2D eigenvalue weighted by Gasteiger charge is -2.41. The number of aliphatic hydroxyl groups excluding tert-OH is 1. The van der Waals surface area contributed by atoms with E-state index in [0.717, 1.165) is 44.6 Å². The van der Waals surface area contributed by atoms with Crippen LogP contribution in [0.25, 0.3) is 0 Å². The van der Waals surface area contributed by atoms with E-state index in [-0.39, 0.29) is 47.5 Å². The number of rotatable bonds is 10. The largest absolute Gasteiger partial charge is 0.390 e. The highest BCUT2D eigenvalue weighted by Crippen LogP contribution is 2.39. The second-order valence-corrected chi connectivity index (χ2v) is 13.9. The Kier molecular flexibility index (Phi) is 10.6.